The average Bonchev–Trinajstić information content (AvgIpc) is 1.89. The minimum Gasteiger partial charge on any atom is -0.235 e. The Bertz CT molecular complexity index is 151. The van der Waals surface area contributed by atoms with Crippen molar-refractivity contribution in [2.45, 2.75) is 13.3 Å². The molecule has 56 valence electrons. The maximum absolute atomic E-state index is 10.1. The molecule has 5 heteroatoms. The van der Waals surface area contributed by atoms with Crippen LogP contribution < -0.4 is 0 Å². The Labute approximate surface area is 59.0 Å². The minimum absolute atomic E-state index is 0.203. The fourth-order valence-electron chi connectivity index (χ4n) is 0.534. The van der Waals surface area contributed by atoms with Gasteiger partial charge in [-0.25, -0.2) is 10.1 Å². The molecule has 0 heterocycles. The van der Waals surface area contributed by atoms with Gasteiger partial charge in [0.2, 0.25) is 0 Å². The van der Waals surface area contributed by atoms with Crippen molar-refractivity contribution in [1.82, 2.24) is 5.01 Å². The summed E-state index contributed by atoms with van der Waals surface area (Å²) in [6, 6.07) is 1.84. The van der Waals surface area contributed by atoms with Gasteiger partial charge in [-0.1, -0.05) is 0 Å². The summed E-state index contributed by atoms with van der Waals surface area (Å²) in [6.45, 7) is 2.23. The van der Waals surface area contributed by atoms with Crippen molar-refractivity contribution < 1.29 is 5.03 Å². The summed E-state index contributed by atoms with van der Waals surface area (Å²) < 4.78 is 0. The average molecular weight is 143 g/mol. The van der Waals surface area contributed by atoms with Crippen LogP contribution in [0.15, 0.2) is 0 Å². The first-order valence-electron chi connectivity index (χ1n) is 2.98. The van der Waals surface area contributed by atoms with Crippen molar-refractivity contribution in [2.24, 2.45) is 0 Å². The molecule has 0 aliphatic carbocycles. The highest BCUT2D eigenvalue weighted by atomic mass is 16.7. The summed E-state index contributed by atoms with van der Waals surface area (Å²) in [5.41, 5.74) is 0. The van der Waals surface area contributed by atoms with Gasteiger partial charge in [-0.2, -0.15) is 5.26 Å². The first-order valence-corrected chi connectivity index (χ1v) is 2.98. The molecule has 0 aromatic heterocycles. The van der Waals surface area contributed by atoms with Gasteiger partial charge in [0.25, 0.3) is 0 Å². The lowest BCUT2D eigenvalue weighted by atomic mass is 10.4. The molecule has 0 amide bonds. The molecule has 0 aromatic carbocycles. The zero-order chi connectivity index (χ0) is 7.98. The Morgan fingerprint density at radius 3 is 2.70 bits per heavy atom. The van der Waals surface area contributed by atoms with Gasteiger partial charge in [-0.05, 0) is 6.92 Å². The third kappa shape index (κ3) is 2.87. The molecule has 0 aliphatic rings. The van der Waals surface area contributed by atoms with Crippen LogP contribution >= 0.6 is 0 Å². The maximum Gasteiger partial charge on any atom is 0.160 e. The van der Waals surface area contributed by atoms with Crippen molar-refractivity contribution >= 4 is 0 Å². The number of hydrogen-bond donors (Lipinski definition) is 0. The second-order valence-electron chi connectivity index (χ2n) is 1.69. The lowest BCUT2D eigenvalue weighted by molar-refractivity contribution is -0.654. The molecule has 0 aliphatic heterocycles. The number of nitro groups is 1. The first-order chi connectivity index (χ1) is 4.72. The largest absolute Gasteiger partial charge is 0.235 e. The molecule has 0 aromatic rings. The topological polar surface area (TPSA) is 70.2 Å². The lowest BCUT2D eigenvalue weighted by Gasteiger charge is -2.08. The van der Waals surface area contributed by atoms with E-state index in [0.29, 0.717) is 6.54 Å². The normalized spacial score (nSPS) is 8.40. The van der Waals surface area contributed by atoms with E-state index in [0.717, 1.165) is 5.01 Å². The van der Waals surface area contributed by atoms with Gasteiger partial charge in [0.05, 0.1) is 25.6 Å². The second-order valence-corrected chi connectivity index (χ2v) is 1.69. The molecule has 0 atom stereocenters. The summed E-state index contributed by atoms with van der Waals surface area (Å²) in [5, 5.41) is 18.7. The van der Waals surface area contributed by atoms with Crippen LogP contribution in [0.5, 0.6) is 0 Å². The predicted molar refractivity (Wildman–Crippen MR) is 34.5 cm³/mol. The Hall–Kier alpha value is -1.31. The Morgan fingerprint density at radius 2 is 2.40 bits per heavy atom. The highest BCUT2D eigenvalue weighted by Gasteiger charge is 2.08. The van der Waals surface area contributed by atoms with Gasteiger partial charge >= 0.3 is 0 Å². The molecule has 0 spiro atoms. The van der Waals surface area contributed by atoms with Crippen LogP contribution in [0, 0.1) is 21.4 Å². The van der Waals surface area contributed by atoms with E-state index in [2.05, 4.69) is 0 Å². The van der Waals surface area contributed by atoms with Gasteiger partial charge in [0.15, 0.2) is 5.03 Å². The Balaban J connectivity index is 3.63. The Morgan fingerprint density at radius 1 is 1.80 bits per heavy atom. The number of nitrogens with zero attached hydrogens (tertiary/aromatic N) is 3. The molecular weight excluding hydrogens is 134 g/mol. The van der Waals surface area contributed by atoms with Gasteiger partial charge in [-0.3, -0.25) is 0 Å². The zero-order valence-corrected chi connectivity index (χ0v) is 5.78. The fraction of sp³-hybridized carbons (Fsp3) is 0.800. The lowest BCUT2D eigenvalue weighted by Crippen LogP contribution is -2.30. The molecule has 0 N–H and O–H groups in total. The fourth-order valence-corrected chi connectivity index (χ4v) is 0.534. The SMILES string of the molecule is CCN(CCC#N)[N+](=O)[O-]. The van der Waals surface area contributed by atoms with Crippen molar-refractivity contribution in [3.05, 3.63) is 10.1 Å². The number of hydrazine groups is 1. The summed E-state index contributed by atoms with van der Waals surface area (Å²) in [6.07, 6.45) is 0.203. The van der Waals surface area contributed by atoms with Crippen molar-refractivity contribution in [3.63, 3.8) is 0 Å². The summed E-state index contributed by atoms with van der Waals surface area (Å²) in [4.78, 5) is 10.1. The molecule has 0 radical (unpaired) electrons. The van der Waals surface area contributed by atoms with Crippen LogP contribution in [-0.2, 0) is 0 Å². The van der Waals surface area contributed by atoms with E-state index in [-0.39, 0.29) is 13.0 Å². The molecule has 0 rings (SSSR count). The van der Waals surface area contributed by atoms with E-state index in [9.17, 15) is 10.1 Å². The van der Waals surface area contributed by atoms with Crippen LogP contribution in [0.1, 0.15) is 13.3 Å². The van der Waals surface area contributed by atoms with E-state index in [1.807, 2.05) is 6.07 Å². The van der Waals surface area contributed by atoms with Crippen molar-refractivity contribution in [2.75, 3.05) is 13.1 Å². The quantitative estimate of drug-likeness (QED) is 0.422. The molecule has 5 nitrogen and oxygen atoms in total. The highest BCUT2D eigenvalue weighted by Crippen LogP contribution is 1.89. The van der Waals surface area contributed by atoms with Crippen LogP contribution in [0.4, 0.5) is 0 Å². The van der Waals surface area contributed by atoms with E-state index in [1.165, 1.54) is 0 Å². The van der Waals surface area contributed by atoms with E-state index < -0.39 is 5.03 Å². The van der Waals surface area contributed by atoms with Crippen LogP contribution in [-0.4, -0.2) is 23.1 Å². The molecule has 0 saturated carbocycles. The van der Waals surface area contributed by atoms with Crippen molar-refractivity contribution in [1.29, 1.82) is 5.26 Å². The third-order valence-electron chi connectivity index (χ3n) is 1.08. The zero-order valence-electron chi connectivity index (χ0n) is 5.78. The number of nitriles is 1. The van der Waals surface area contributed by atoms with Gasteiger partial charge in [0.1, 0.15) is 0 Å². The van der Waals surface area contributed by atoms with Gasteiger partial charge in [-0.15, -0.1) is 5.01 Å². The van der Waals surface area contributed by atoms with Gasteiger partial charge in [0, 0.05) is 0 Å². The Kier molecular flexibility index (Phi) is 3.96. The molecule has 0 fully saturated rings. The van der Waals surface area contributed by atoms with Gasteiger partial charge < -0.3 is 0 Å². The van der Waals surface area contributed by atoms with Crippen LogP contribution in [0.3, 0.4) is 0 Å². The highest BCUT2D eigenvalue weighted by molar-refractivity contribution is 4.69. The van der Waals surface area contributed by atoms with E-state index in [1.54, 1.807) is 6.92 Å². The van der Waals surface area contributed by atoms with Crippen LogP contribution in [0.2, 0.25) is 0 Å². The molecule has 0 saturated heterocycles. The smallest absolute Gasteiger partial charge is 0.160 e. The molecular formula is C5H9N3O2. The van der Waals surface area contributed by atoms with Crippen molar-refractivity contribution in [3.8, 4) is 6.07 Å². The molecule has 0 bridgehead atoms. The third-order valence-corrected chi connectivity index (χ3v) is 1.08. The monoisotopic (exact) mass is 143 g/mol. The first kappa shape index (κ1) is 8.69. The maximum atomic E-state index is 10.1. The second kappa shape index (κ2) is 4.56. The summed E-state index contributed by atoms with van der Waals surface area (Å²) in [7, 11) is 0. The van der Waals surface area contributed by atoms with Crippen LogP contribution in [0.25, 0.3) is 0 Å². The standard InChI is InChI=1S/C5H9N3O2/c1-2-7(8(9)10)5-3-4-6/h2-3,5H2,1H3. The number of hydrogen-bond acceptors (Lipinski definition) is 3. The summed E-state index contributed by atoms with van der Waals surface area (Å²) in [5.74, 6) is 0. The predicted octanol–water partition coefficient (Wildman–Crippen LogP) is 0.414. The number of rotatable bonds is 4. The molecule has 0 unspecified atom stereocenters. The van der Waals surface area contributed by atoms with E-state index >= 15 is 0 Å². The minimum atomic E-state index is -0.489. The van der Waals surface area contributed by atoms with E-state index in [4.69, 9.17) is 5.26 Å². The summed E-state index contributed by atoms with van der Waals surface area (Å²) >= 11 is 0. The molecule has 10 heavy (non-hydrogen) atoms.